The Morgan fingerprint density at radius 3 is 2.33 bits per heavy atom. The molecule has 128 valence electrons. The second-order valence-electron chi connectivity index (χ2n) is 5.15. The van der Waals surface area contributed by atoms with E-state index in [-0.39, 0.29) is 4.90 Å². The van der Waals surface area contributed by atoms with Gasteiger partial charge in [-0.05, 0) is 24.3 Å². The van der Waals surface area contributed by atoms with E-state index in [2.05, 4.69) is 14.7 Å². The standard InChI is InChI=1S/C15H18N4O4S/c1-22-13-2-4-14(5-3-13)24(20,21)18-12-10-16-15(17-11-12)19-6-8-23-9-7-19/h2-5,10-11,18H,6-9H2,1H3. The molecule has 1 fully saturated rings. The van der Waals surface area contributed by atoms with Crippen LogP contribution in [0.1, 0.15) is 0 Å². The Morgan fingerprint density at radius 2 is 1.75 bits per heavy atom. The average molecular weight is 350 g/mol. The Hall–Kier alpha value is -2.39. The van der Waals surface area contributed by atoms with E-state index >= 15 is 0 Å². The summed E-state index contributed by atoms with van der Waals surface area (Å²) < 4.78 is 37.5. The quantitative estimate of drug-likeness (QED) is 0.863. The lowest BCUT2D eigenvalue weighted by Gasteiger charge is -2.26. The van der Waals surface area contributed by atoms with Crippen molar-refractivity contribution in [2.75, 3.05) is 43.0 Å². The monoisotopic (exact) mass is 350 g/mol. The number of ether oxygens (including phenoxy) is 2. The number of anilines is 2. The van der Waals surface area contributed by atoms with Crippen LogP contribution < -0.4 is 14.4 Å². The summed E-state index contributed by atoms with van der Waals surface area (Å²) in [6.07, 6.45) is 2.91. The molecule has 2 heterocycles. The maximum Gasteiger partial charge on any atom is 0.261 e. The molecule has 1 saturated heterocycles. The van der Waals surface area contributed by atoms with Crippen LogP contribution in [0.4, 0.5) is 11.6 Å². The van der Waals surface area contributed by atoms with E-state index in [0.29, 0.717) is 30.6 Å². The van der Waals surface area contributed by atoms with Gasteiger partial charge in [-0.2, -0.15) is 0 Å². The minimum absolute atomic E-state index is 0.139. The summed E-state index contributed by atoms with van der Waals surface area (Å²) in [6.45, 7) is 2.71. The van der Waals surface area contributed by atoms with Crippen LogP contribution in [0, 0.1) is 0 Å². The third-order valence-corrected chi connectivity index (χ3v) is 4.95. The molecule has 24 heavy (non-hydrogen) atoms. The molecule has 0 radical (unpaired) electrons. The summed E-state index contributed by atoms with van der Waals surface area (Å²) in [6, 6.07) is 6.13. The maximum absolute atomic E-state index is 12.4. The molecular weight excluding hydrogens is 332 g/mol. The second kappa shape index (κ2) is 7.02. The van der Waals surface area contributed by atoms with Gasteiger partial charge in [0, 0.05) is 13.1 Å². The Kier molecular flexibility index (Phi) is 4.81. The molecule has 0 aliphatic carbocycles. The lowest BCUT2D eigenvalue weighted by molar-refractivity contribution is 0.122. The number of aromatic nitrogens is 2. The van der Waals surface area contributed by atoms with Gasteiger partial charge in [0.25, 0.3) is 10.0 Å². The fourth-order valence-corrected chi connectivity index (χ4v) is 3.30. The molecule has 1 aromatic carbocycles. The largest absolute Gasteiger partial charge is 0.497 e. The smallest absolute Gasteiger partial charge is 0.261 e. The van der Waals surface area contributed by atoms with Crippen LogP contribution in [0.2, 0.25) is 0 Å². The fourth-order valence-electron chi connectivity index (χ4n) is 2.27. The summed E-state index contributed by atoms with van der Waals surface area (Å²) in [5.74, 6) is 1.15. The predicted molar refractivity (Wildman–Crippen MR) is 88.9 cm³/mol. The number of benzene rings is 1. The number of hydrogen-bond acceptors (Lipinski definition) is 7. The van der Waals surface area contributed by atoms with Crippen LogP contribution >= 0.6 is 0 Å². The highest BCUT2D eigenvalue weighted by Gasteiger charge is 2.16. The third-order valence-electron chi connectivity index (χ3n) is 3.55. The first-order valence-corrected chi connectivity index (χ1v) is 8.88. The van der Waals surface area contributed by atoms with Crippen molar-refractivity contribution in [3.8, 4) is 5.75 Å². The molecular formula is C15H18N4O4S. The van der Waals surface area contributed by atoms with E-state index in [1.54, 1.807) is 12.1 Å². The number of methoxy groups -OCH3 is 1. The molecule has 1 aromatic heterocycles. The normalized spacial score (nSPS) is 15.1. The van der Waals surface area contributed by atoms with Crippen LogP contribution in [-0.4, -0.2) is 51.8 Å². The lowest BCUT2D eigenvalue weighted by atomic mass is 10.3. The molecule has 0 bridgehead atoms. The first-order chi connectivity index (χ1) is 11.6. The number of sulfonamides is 1. The predicted octanol–water partition coefficient (Wildman–Crippen LogP) is 1.12. The summed E-state index contributed by atoms with van der Waals surface area (Å²) in [5.41, 5.74) is 0.308. The molecule has 3 rings (SSSR count). The van der Waals surface area contributed by atoms with Crippen molar-refractivity contribution < 1.29 is 17.9 Å². The molecule has 0 atom stereocenters. The van der Waals surface area contributed by atoms with Crippen LogP contribution in [0.25, 0.3) is 0 Å². The molecule has 1 N–H and O–H groups in total. The van der Waals surface area contributed by atoms with Gasteiger partial charge in [0.2, 0.25) is 5.95 Å². The highest BCUT2D eigenvalue weighted by molar-refractivity contribution is 7.92. The number of nitrogens with zero attached hydrogens (tertiary/aromatic N) is 3. The van der Waals surface area contributed by atoms with Gasteiger partial charge in [-0.1, -0.05) is 0 Å². The van der Waals surface area contributed by atoms with Crippen molar-refractivity contribution in [3.63, 3.8) is 0 Å². The summed E-state index contributed by atoms with van der Waals surface area (Å²) in [5, 5.41) is 0. The van der Waals surface area contributed by atoms with Gasteiger partial charge in [-0.15, -0.1) is 0 Å². The van der Waals surface area contributed by atoms with Crippen molar-refractivity contribution in [1.82, 2.24) is 9.97 Å². The van der Waals surface area contributed by atoms with Crippen molar-refractivity contribution in [2.24, 2.45) is 0 Å². The molecule has 2 aromatic rings. The van der Waals surface area contributed by atoms with Gasteiger partial charge in [0.1, 0.15) is 5.75 Å². The van der Waals surface area contributed by atoms with Crippen LogP contribution in [0.3, 0.4) is 0 Å². The molecule has 0 saturated carbocycles. The summed E-state index contributed by atoms with van der Waals surface area (Å²) in [4.78, 5) is 10.6. The van der Waals surface area contributed by atoms with Crippen LogP contribution in [-0.2, 0) is 14.8 Å². The first-order valence-electron chi connectivity index (χ1n) is 7.40. The van der Waals surface area contributed by atoms with Gasteiger partial charge in [0.15, 0.2) is 0 Å². The van der Waals surface area contributed by atoms with Crippen molar-refractivity contribution >= 4 is 21.7 Å². The fraction of sp³-hybridized carbons (Fsp3) is 0.333. The van der Waals surface area contributed by atoms with E-state index in [1.807, 2.05) is 4.90 Å². The highest BCUT2D eigenvalue weighted by atomic mass is 32.2. The Bertz CT molecular complexity index is 772. The molecule has 9 heteroatoms. The topological polar surface area (TPSA) is 93.7 Å². The maximum atomic E-state index is 12.4. The SMILES string of the molecule is COc1ccc(S(=O)(=O)Nc2cnc(N3CCOCC3)nc2)cc1. The first kappa shape index (κ1) is 16.5. The van der Waals surface area contributed by atoms with Gasteiger partial charge in [0.05, 0.1) is 43.3 Å². The Morgan fingerprint density at radius 1 is 1.12 bits per heavy atom. The van der Waals surface area contributed by atoms with Gasteiger partial charge >= 0.3 is 0 Å². The zero-order chi connectivity index (χ0) is 17.0. The molecule has 0 amide bonds. The van der Waals surface area contributed by atoms with E-state index in [1.165, 1.54) is 31.6 Å². The molecule has 1 aliphatic heterocycles. The minimum atomic E-state index is -3.70. The Labute approximate surface area is 140 Å². The van der Waals surface area contributed by atoms with Crippen molar-refractivity contribution in [1.29, 1.82) is 0 Å². The van der Waals surface area contributed by atoms with Gasteiger partial charge in [-0.25, -0.2) is 18.4 Å². The average Bonchev–Trinajstić information content (AvgIpc) is 2.63. The highest BCUT2D eigenvalue weighted by Crippen LogP contribution is 2.19. The molecule has 1 aliphatic rings. The van der Waals surface area contributed by atoms with Gasteiger partial charge in [-0.3, -0.25) is 4.72 Å². The second-order valence-corrected chi connectivity index (χ2v) is 6.83. The molecule has 0 unspecified atom stereocenters. The number of hydrogen-bond donors (Lipinski definition) is 1. The minimum Gasteiger partial charge on any atom is -0.497 e. The third kappa shape index (κ3) is 3.74. The summed E-state index contributed by atoms with van der Waals surface area (Å²) in [7, 11) is -2.17. The van der Waals surface area contributed by atoms with Gasteiger partial charge < -0.3 is 14.4 Å². The summed E-state index contributed by atoms with van der Waals surface area (Å²) >= 11 is 0. The van der Waals surface area contributed by atoms with E-state index < -0.39 is 10.0 Å². The number of nitrogens with one attached hydrogen (secondary N) is 1. The van der Waals surface area contributed by atoms with E-state index in [0.717, 1.165) is 13.1 Å². The lowest BCUT2D eigenvalue weighted by Crippen LogP contribution is -2.37. The van der Waals surface area contributed by atoms with Crippen molar-refractivity contribution in [2.45, 2.75) is 4.90 Å². The number of morpholine rings is 1. The zero-order valence-electron chi connectivity index (χ0n) is 13.2. The van der Waals surface area contributed by atoms with Crippen LogP contribution in [0.5, 0.6) is 5.75 Å². The van der Waals surface area contributed by atoms with E-state index in [9.17, 15) is 8.42 Å². The molecule has 0 spiro atoms. The van der Waals surface area contributed by atoms with E-state index in [4.69, 9.17) is 9.47 Å². The Balaban J connectivity index is 1.72. The zero-order valence-corrected chi connectivity index (χ0v) is 14.0. The molecule has 8 nitrogen and oxygen atoms in total. The number of rotatable bonds is 5. The van der Waals surface area contributed by atoms with Crippen LogP contribution in [0.15, 0.2) is 41.6 Å². The van der Waals surface area contributed by atoms with Crippen molar-refractivity contribution in [3.05, 3.63) is 36.7 Å².